The predicted molar refractivity (Wildman–Crippen MR) is 127 cm³/mol. The van der Waals surface area contributed by atoms with Crippen LogP contribution in [0, 0.1) is 5.41 Å². The summed E-state index contributed by atoms with van der Waals surface area (Å²) in [5, 5.41) is 7.10. The molecular weight excluding hydrogens is 408 g/mol. The molecule has 1 saturated carbocycles. The van der Waals surface area contributed by atoms with Gasteiger partial charge in [-0.05, 0) is 49.3 Å². The number of nitrogens with zero attached hydrogens (tertiary/aromatic N) is 2. The lowest BCUT2D eigenvalue weighted by atomic mass is 10.0. The van der Waals surface area contributed by atoms with Crippen molar-refractivity contribution in [1.82, 2.24) is 15.5 Å². The van der Waals surface area contributed by atoms with Gasteiger partial charge in [0.25, 0.3) is 0 Å². The number of hydrogen-bond donors (Lipinski definition) is 2. The molecular formula is C24H40N4O4. The predicted octanol–water partition coefficient (Wildman–Crippen LogP) is 2.45. The van der Waals surface area contributed by atoms with Crippen molar-refractivity contribution in [1.29, 1.82) is 0 Å². The van der Waals surface area contributed by atoms with Crippen molar-refractivity contribution in [2.75, 3.05) is 73.9 Å². The van der Waals surface area contributed by atoms with Gasteiger partial charge in [0, 0.05) is 46.4 Å². The van der Waals surface area contributed by atoms with Gasteiger partial charge in [-0.15, -0.1) is 0 Å². The molecule has 8 heteroatoms. The van der Waals surface area contributed by atoms with Gasteiger partial charge in [0.1, 0.15) is 0 Å². The Balaban J connectivity index is 1.63. The van der Waals surface area contributed by atoms with Crippen molar-refractivity contribution >= 4 is 5.96 Å². The molecule has 3 rings (SSSR count). The van der Waals surface area contributed by atoms with E-state index in [9.17, 15) is 0 Å². The van der Waals surface area contributed by atoms with Crippen molar-refractivity contribution in [3.63, 3.8) is 0 Å². The lowest BCUT2D eigenvalue weighted by Gasteiger charge is -2.35. The average molecular weight is 449 g/mol. The summed E-state index contributed by atoms with van der Waals surface area (Å²) in [5.74, 6) is 2.33. The fourth-order valence-corrected chi connectivity index (χ4v) is 4.22. The molecule has 1 aliphatic heterocycles. The number of morpholine rings is 1. The Hall–Kier alpha value is -2.03. The van der Waals surface area contributed by atoms with E-state index in [0.717, 1.165) is 76.5 Å². The molecule has 2 aliphatic rings. The number of methoxy groups -OCH3 is 2. The Labute approximate surface area is 192 Å². The maximum atomic E-state index is 5.58. The van der Waals surface area contributed by atoms with Crippen LogP contribution >= 0.6 is 0 Å². The number of nitrogens with one attached hydrogen (secondary N) is 2. The summed E-state index contributed by atoms with van der Waals surface area (Å²) < 4.78 is 22.1. The molecule has 2 fully saturated rings. The summed E-state index contributed by atoms with van der Waals surface area (Å²) in [6.07, 6.45) is 3.62. The van der Waals surface area contributed by atoms with Gasteiger partial charge < -0.3 is 29.6 Å². The van der Waals surface area contributed by atoms with E-state index in [-0.39, 0.29) is 6.04 Å². The Morgan fingerprint density at radius 3 is 2.53 bits per heavy atom. The lowest BCUT2D eigenvalue weighted by Crippen LogP contribution is -2.47. The lowest BCUT2D eigenvalue weighted by molar-refractivity contribution is 0.0169. The third kappa shape index (κ3) is 6.73. The van der Waals surface area contributed by atoms with Crippen LogP contribution in [0.15, 0.2) is 23.2 Å². The average Bonchev–Trinajstić information content (AvgIpc) is 3.61. The molecule has 8 nitrogen and oxygen atoms in total. The summed E-state index contributed by atoms with van der Waals surface area (Å²) in [7, 11) is 5.17. The minimum absolute atomic E-state index is 0.171. The highest BCUT2D eigenvalue weighted by atomic mass is 16.5. The van der Waals surface area contributed by atoms with E-state index < -0.39 is 0 Å². The van der Waals surface area contributed by atoms with Crippen molar-refractivity contribution < 1.29 is 18.9 Å². The van der Waals surface area contributed by atoms with E-state index in [1.54, 1.807) is 14.2 Å². The van der Waals surface area contributed by atoms with Gasteiger partial charge in [-0.2, -0.15) is 0 Å². The summed E-state index contributed by atoms with van der Waals surface area (Å²) >= 11 is 0. The minimum atomic E-state index is 0.171. The Bertz CT molecular complexity index is 733. The monoisotopic (exact) mass is 448 g/mol. The first-order valence-electron chi connectivity index (χ1n) is 11.7. The standard InChI is InChI=1S/C24H40N4O4/c1-5-31-13-10-24(8-9-24)18-27-23(25-2)26-17-20(28-11-14-32-15-12-28)19-6-7-21(29-3)22(16-19)30-4/h6-7,16,20H,5,8-15,17-18H2,1-4H3,(H2,25,26,27). The smallest absolute Gasteiger partial charge is 0.191 e. The molecule has 0 spiro atoms. The SMILES string of the molecule is CCOCCC1(CNC(=NC)NCC(c2ccc(OC)c(OC)c2)N2CCOCC2)CC1. The van der Waals surface area contributed by atoms with Crippen LogP contribution in [0.25, 0.3) is 0 Å². The topological polar surface area (TPSA) is 76.6 Å². The minimum Gasteiger partial charge on any atom is -0.493 e. The zero-order valence-corrected chi connectivity index (χ0v) is 20.1. The molecule has 0 amide bonds. The number of benzene rings is 1. The first-order valence-corrected chi connectivity index (χ1v) is 11.7. The largest absolute Gasteiger partial charge is 0.493 e. The summed E-state index contributed by atoms with van der Waals surface area (Å²) in [4.78, 5) is 6.92. The van der Waals surface area contributed by atoms with Crippen LogP contribution in [0.5, 0.6) is 11.5 Å². The Morgan fingerprint density at radius 2 is 1.91 bits per heavy atom. The second-order valence-electron chi connectivity index (χ2n) is 8.53. The normalized spacial score (nSPS) is 19.3. The third-order valence-electron chi connectivity index (χ3n) is 6.53. The zero-order valence-electron chi connectivity index (χ0n) is 20.1. The second kappa shape index (κ2) is 12.3. The molecule has 1 saturated heterocycles. The highest BCUT2D eigenvalue weighted by Crippen LogP contribution is 2.48. The molecule has 32 heavy (non-hydrogen) atoms. The second-order valence-corrected chi connectivity index (χ2v) is 8.53. The van der Waals surface area contributed by atoms with E-state index in [4.69, 9.17) is 18.9 Å². The number of ether oxygens (including phenoxy) is 4. The van der Waals surface area contributed by atoms with Gasteiger partial charge in [-0.1, -0.05) is 6.07 Å². The van der Waals surface area contributed by atoms with Gasteiger partial charge in [0.05, 0.1) is 33.5 Å². The number of guanidine groups is 1. The molecule has 0 aromatic heterocycles. The first kappa shape index (κ1) is 24.6. The van der Waals surface area contributed by atoms with Crippen LogP contribution in [-0.4, -0.2) is 84.7 Å². The van der Waals surface area contributed by atoms with E-state index in [1.807, 2.05) is 20.0 Å². The van der Waals surface area contributed by atoms with Crippen molar-refractivity contribution in [2.24, 2.45) is 10.4 Å². The Kier molecular flexibility index (Phi) is 9.44. The van der Waals surface area contributed by atoms with Crippen LogP contribution in [0.3, 0.4) is 0 Å². The highest BCUT2D eigenvalue weighted by Gasteiger charge is 2.42. The van der Waals surface area contributed by atoms with Crippen LogP contribution in [0.2, 0.25) is 0 Å². The third-order valence-corrected chi connectivity index (χ3v) is 6.53. The zero-order chi connectivity index (χ0) is 22.8. The summed E-state index contributed by atoms with van der Waals surface area (Å²) in [5.41, 5.74) is 1.54. The molecule has 1 unspecified atom stereocenters. The molecule has 0 bridgehead atoms. The molecule has 1 aromatic rings. The summed E-state index contributed by atoms with van der Waals surface area (Å²) in [6, 6.07) is 6.34. The number of hydrogen-bond acceptors (Lipinski definition) is 6. The fourth-order valence-electron chi connectivity index (χ4n) is 4.22. The van der Waals surface area contributed by atoms with Crippen LogP contribution in [0.4, 0.5) is 0 Å². The fraction of sp³-hybridized carbons (Fsp3) is 0.708. The van der Waals surface area contributed by atoms with Crippen molar-refractivity contribution in [3.8, 4) is 11.5 Å². The molecule has 1 heterocycles. The van der Waals surface area contributed by atoms with Crippen molar-refractivity contribution in [3.05, 3.63) is 23.8 Å². The van der Waals surface area contributed by atoms with E-state index in [1.165, 1.54) is 18.4 Å². The quantitative estimate of drug-likeness (QED) is 0.289. The number of aliphatic imine (C=N–C) groups is 1. The van der Waals surface area contributed by atoms with Gasteiger partial charge >= 0.3 is 0 Å². The van der Waals surface area contributed by atoms with E-state index >= 15 is 0 Å². The molecule has 1 aromatic carbocycles. The first-order chi connectivity index (χ1) is 15.6. The highest BCUT2D eigenvalue weighted by molar-refractivity contribution is 5.79. The van der Waals surface area contributed by atoms with E-state index in [2.05, 4.69) is 32.7 Å². The molecule has 1 aliphatic carbocycles. The molecule has 180 valence electrons. The maximum absolute atomic E-state index is 5.58. The van der Waals surface area contributed by atoms with Crippen LogP contribution in [-0.2, 0) is 9.47 Å². The number of rotatable bonds is 12. The molecule has 0 radical (unpaired) electrons. The van der Waals surface area contributed by atoms with Gasteiger partial charge in [-0.3, -0.25) is 9.89 Å². The van der Waals surface area contributed by atoms with E-state index in [0.29, 0.717) is 5.41 Å². The van der Waals surface area contributed by atoms with Crippen LogP contribution in [0.1, 0.15) is 37.8 Å². The van der Waals surface area contributed by atoms with Gasteiger partial charge in [0.15, 0.2) is 17.5 Å². The summed E-state index contributed by atoms with van der Waals surface area (Å²) in [6.45, 7) is 8.62. The van der Waals surface area contributed by atoms with Gasteiger partial charge in [0.2, 0.25) is 0 Å². The Morgan fingerprint density at radius 1 is 1.16 bits per heavy atom. The van der Waals surface area contributed by atoms with Crippen molar-refractivity contribution in [2.45, 2.75) is 32.2 Å². The molecule has 2 N–H and O–H groups in total. The van der Waals surface area contributed by atoms with Crippen LogP contribution < -0.4 is 20.1 Å². The van der Waals surface area contributed by atoms with Gasteiger partial charge in [-0.25, -0.2) is 0 Å². The molecule has 1 atom stereocenters. The maximum Gasteiger partial charge on any atom is 0.191 e.